The number of carbonyl (C=O) groups is 1. The Morgan fingerprint density at radius 2 is 1.75 bits per heavy atom. The van der Waals surface area contributed by atoms with Crippen molar-refractivity contribution < 1.29 is 19.7 Å². The van der Waals surface area contributed by atoms with Gasteiger partial charge in [-0.2, -0.15) is 0 Å². The summed E-state index contributed by atoms with van der Waals surface area (Å²) in [4.78, 5) is 27.7. The van der Waals surface area contributed by atoms with E-state index in [1.165, 1.54) is 0 Å². The highest BCUT2D eigenvalue weighted by Crippen LogP contribution is 2.15. The monoisotopic (exact) mass is 178 g/mol. The molecule has 0 aromatic heterocycles. The van der Waals surface area contributed by atoms with Crippen LogP contribution in [0.1, 0.15) is 13.3 Å². The van der Waals surface area contributed by atoms with Crippen LogP contribution in [-0.2, 0) is 4.79 Å². The predicted molar refractivity (Wildman–Crippen MR) is 34.6 cm³/mol. The van der Waals surface area contributed by atoms with Crippen molar-refractivity contribution >= 4 is 5.97 Å². The highest BCUT2D eigenvalue weighted by molar-refractivity contribution is 5.74. The molecule has 0 saturated carbocycles. The second-order valence-electron chi connectivity index (χ2n) is 1.99. The fourth-order valence-corrected chi connectivity index (χ4v) is 0.632. The number of nitro groups is 2. The highest BCUT2D eigenvalue weighted by atomic mass is 16.7. The average Bonchev–Trinajstić information content (AvgIpc) is 1.86. The van der Waals surface area contributed by atoms with Gasteiger partial charge in [-0.05, 0) is 0 Å². The van der Waals surface area contributed by atoms with Crippen molar-refractivity contribution in [3.05, 3.63) is 20.2 Å². The van der Waals surface area contributed by atoms with Gasteiger partial charge < -0.3 is 5.11 Å². The Morgan fingerprint density at radius 1 is 1.42 bits per heavy atom. The van der Waals surface area contributed by atoms with Crippen LogP contribution in [0.2, 0.25) is 0 Å². The summed E-state index contributed by atoms with van der Waals surface area (Å²) in [6.07, 6.45) is -0.692. The molecular formula is C4H6N2O6. The Balaban J connectivity index is 5.19. The van der Waals surface area contributed by atoms with Crippen molar-refractivity contribution in [2.24, 2.45) is 0 Å². The van der Waals surface area contributed by atoms with E-state index in [0.29, 0.717) is 0 Å². The van der Waals surface area contributed by atoms with Gasteiger partial charge in [0.25, 0.3) is 0 Å². The highest BCUT2D eigenvalue weighted by Gasteiger charge is 2.63. The minimum absolute atomic E-state index is 0.692. The first-order chi connectivity index (χ1) is 5.39. The quantitative estimate of drug-likeness (QED) is 0.359. The molecule has 0 aromatic carbocycles. The summed E-state index contributed by atoms with van der Waals surface area (Å²) >= 11 is 0. The molecule has 0 aliphatic heterocycles. The van der Waals surface area contributed by atoms with Crippen molar-refractivity contribution in [1.29, 1.82) is 0 Å². The smallest absolute Gasteiger partial charge is 0.470 e. The summed E-state index contributed by atoms with van der Waals surface area (Å²) in [5, 5.41) is 28.5. The Labute approximate surface area is 66.1 Å². The number of aliphatic carboxylic acids is 1. The van der Waals surface area contributed by atoms with E-state index in [1.54, 1.807) is 0 Å². The zero-order valence-electron chi connectivity index (χ0n) is 6.09. The molecule has 0 aliphatic rings. The molecule has 0 amide bonds. The molecule has 0 saturated heterocycles. The van der Waals surface area contributed by atoms with Gasteiger partial charge in [-0.15, -0.1) is 0 Å². The molecule has 0 unspecified atom stereocenters. The Hall–Kier alpha value is -1.73. The molecule has 0 rings (SSSR count). The average molecular weight is 178 g/mol. The van der Waals surface area contributed by atoms with Gasteiger partial charge in [-0.1, -0.05) is 6.92 Å². The maximum Gasteiger partial charge on any atom is 0.552 e. The van der Waals surface area contributed by atoms with E-state index in [2.05, 4.69) is 0 Å². The maximum atomic E-state index is 10.3. The molecule has 0 heterocycles. The molecule has 0 atom stereocenters. The lowest BCUT2D eigenvalue weighted by Crippen LogP contribution is -2.52. The summed E-state index contributed by atoms with van der Waals surface area (Å²) in [7, 11) is 0. The van der Waals surface area contributed by atoms with Crippen molar-refractivity contribution in [3.8, 4) is 0 Å². The van der Waals surface area contributed by atoms with E-state index in [4.69, 9.17) is 5.11 Å². The molecule has 0 bridgehead atoms. The summed E-state index contributed by atoms with van der Waals surface area (Å²) in [5.74, 6) is -2.06. The van der Waals surface area contributed by atoms with Gasteiger partial charge >= 0.3 is 11.6 Å². The molecule has 0 fully saturated rings. The fourth-order valence-electron chi connectivity index (χ4n) is 0.632. The predicted octanol–water partition coefficient (Wildman–Crippen LogP) is -0.269. The lowest BCUT2D eigenvalue weighted by atomic mass is 10.1. The van der Waals surface area contributed by atoms with Crippen molar-refractivity contribution in [2.45, 2.75) is 19.0 Å². The molecule has 0 spiro atoms. The van der Waals surface area contributed by atoms with Crippen LogP contribution in [0, 0.1) is 20.2 Å². The second kappa shape index (κ2) is 3.11. The minimum atomic E-state index is -3.10. The fraction of sp³-hybridized carbons (Fsp3) is 0.750. The summed E-state index contributed by atoms with van der Waals surface area (Å²) in [5.41, 5.74) is -3.10. The first-order valence-corrected chi connectivity index (χ1v) is 2.92. The molecule has 0 aromatic rings. The molecule has 1 N–H and O–H groups in total. The lowest BCUT2D eigenvalue weighted by Gasteiger charge is -2.09. The third kappa shape index (κ3) is 1.18. The second-order valence-corrected chi connectivity index (χ2v) is 1.99. The number of nitrogens with zero attached hydrogens (tertiary/aromatic N) is 2. The van der Waals surface area contributed by atoms with Crippen LogP contribution in [0.25, 0.3) is 0 Å². The molecule has 68 valence electrons. The number of carboxylic acids is 1. The van der Waals surface area contributed by atoms with Crippen LogP contribution in [0.4, 0.5) is 0 Å². The van der Waals surface area contributed by atoms with Crippen LogP contribution >= 0.6 is 0 Å². The van der Waals surface area contributed by atoms with Gasteiger partial charge in [0.2, 0.25) is 0 Å². The van der Waals surface area contributed by atoms with Crippen LogP contribution in [0.3, 0.4) is 0 Å². The summed E-state index contributed by atoms with van der Waals surface area (Å²) in [6, 6.07) is 0. The number of hydrogen-bond acceptors (Lipinski definition) is 5. The number of hydrogen-bond donors (Lipinski definition) is 1. The summed E-state index contributed by atoms with van der Waals surface area (Å²) in [6.45, 7) is 1.07. The van der Waals surface area contributed by atoms with E-state index in [0.717, 1.165) is 6.92 Å². The van der Waals surface area contributed by atoms with Crippen molar-refractivity contribution in [1.82, 2.24) is 0 Å². The Morgan fingerprint density at radius 3 is 1.75 bits per heavy atom. The molecule has 8 nitrogen and oxygen atoms in total. The van der Waals surface area contributed by atoms with Crippen LogP contribution in [0.15, 0.2) is 0 Å². The standard InChI is InChI=1S/C4H6N2O6/c1-2-4(3(7)8,5(9)10)6(11)12/h2H2,1H3,(H,7,8). The first kappa shape index (κ1) is 10.3. The number of rotatable bonds is 4. The minimum Gasteiger partial charge on any atom is -0.470 e. The normalized spacial score (nSPS) is 10.8. The summed E-state index contributed by atoms with van der Waals surface area (Å²) < 4.78 is 0. The van der Waals surface area contributed by atoms with Gasteiger partial charge in [-0.25, -0.2) is 4.79 Å². The van der Waals surface area contributed by atoms with Gasteiger partial charge in [0, 0.05) is 0 Å². The zero-order valence-corrected chi connectivity index (χ0v) is 6.09. The van der Waals surface area contributed by atoms with Crippen molar-refractivity contribution in [2.75, 3.05) is 0 Å². The zero-order chi connectivity index (χ0) is 9.94. The topological polar surface area (TPSA) is 124 Å². The molecule has 0 radical (unpaired) electrons. The van der Waals surface area contributed by atoms with E-state index in [1.807, 2.05) is 0 Å². The maximum absolute atomic E-state index is 10.3. The molecule has 12 heavy (non-hydrogen) atoms. The van der Waals surface area contributed by atoms with E-state index in [-0.39, 0.29) is 0 Å². The largest absolute Gasteiger partial charge is 0.552 e. The van der Waals surface area contributed by atoms with E-state index < -0.39 is 27.9 Å². The van der Waals surface area contributed by atoms with Crippen molar-refractivity contribution in [3.63, 3.8) is 0 Å². The first-order valence-electron chi connectivity index (χ1n) is 2.92. The van der Waals surface area contributed by atoms with Crippen LogP contribution in [0.5, 0.6) is 0 Å². The molecule has 0 aliphatic carbocycles. The SMILES string of the molecule is CCC(C(=O)O)([N+](=O)[O-])[N+](=O)[O-]. The third-order valence-electron chi connectivity index (χ3n) is 1.44. The van der Waals surface area contributed by atoms with Gasteiger partial charge in [0.1, 0.15) is 9.85 Å². The Kier molecular flexibility index (Phi) is 2.66. The number of carboxylic acid groups (broad SMARTS) is 1. The van der Waals surface area contributed by atoms with Gasteiger partial charge in [0.15, 0.2) is 0 Å². The van der Waals surface area contributed by atoms with E-state index in [9.17, 15) is 25.0 Å². The Bertz CT molecular complexity index is 200. The van der Waals surface area contributed by atoms with Crippen LogP contribution in [-0.4, -0.2) is 26.6 Å². The van der Waals surface area contributed by atoms with E-state index >= 15 is 0 Å². The molecular weight excluding hydrogens is 172 g/mol. The van der Waals surface area contributed by atoms with Gasteiger partial charge in [0.05, 0.1) is 6.42 Å². The van der Waals surface area contributed by atoms with Crippen LogP contribution < -0.4 is 0 Å². The third-order valence-corrected chi connectivity index (χ3v) is 1.44. The lowest BCUT2D eigenvalue weighted by molar-refractivity contribution is -0.778. The van der Waals surface area contributed by atoms with Gasteiger partial charge in [-0.3, -0.25) is 20.2 Å². The molecule has 8 heteroatoms.